The molecule has 3 aromatic rings. The van der Waals surface area contributed by atoms with Gasteiger partial charge in [-0.05, 0) is 34.8 Å². The third-order valence-electron chi connectivity index (χ3n) is 6.13. The van der Waals surface area contributed by atoms with Gasteiger partial charge in [0.1, 0.15) is 5.82 Å². The van der Waals surface area contributed by atoms with E-state index in [0.29, 0.717) is 12.5 Å². The number of fused-ring (bicyclic) bond motifs is 2. The molecule has 4 nitrogen and oxygen atoms in total. The number of benzene rings is 1. The molecule has 3 heterocycles. The molecular weight excluding hydrogens is 434 g/mol. The minimum absolute atomic E-state index is 0.0747. The molecule has 1 N–H and O–H groups in total. The molecule has 1 aliphatic carbocycles. The average molecular weight is 458 g/mol. The second-order valence-electron chi connectivity index (χ2n) is 8.01. The first-order valence-corrected chi connectivity index (χ1v) is 11.8. The number of thiophene rings is 1. The van der Waals surface area contributed by atoms with E-state index in [4.69, 9.17) is 4.98 Å². The van der Waals surface area contributed by atoms with Gasteiger partial charge in [0.25, 0.3) is 5.56 Å². The van der Waals surface area contributed by atoms with Crippen LogP contribution in [0.5, 0.6) is 0 Å². The molecule has 146 valence electrons. The van der Waals surface area contributed by atoms with Crippen LogP contribution in [0.4, 0.5) is 0 Å². The van der Waals surface area contributed by atoms with Gasteiger partial charge >= 0.3 is 0 Å². The van der Waals surface area contributed by atoms with Crippen molar-refractivity contribution in [3.8, 4) is 0 Å². The van der Waals surface area contributed by atoms with Crippen LogP contribution in [0.2, 0.25) is 0 Å². The summed E-state index contributed by atoms with van der Waals surface area (Å²) in [5.41, 5.74) is 1.96. The SMILES string of the molecule is O=c1[nH]c(C2CCCCC2)nc2c1CN(Cc1sc3ccccc3c1Br)CC2. The van der Waals surface area contributed by atoms with E-state index >= 15 is 0 Å². The van der Waals surface area contributed by atoms with Gasteiger partial charge in [0.05, 0.1) is 11.3 Å². The average Bonchev–Trinajstić information content (AvgIpc) is 3.04. The zero-order valence-corrected chi connectivity index (χ0v) is 18.2. The Hall–Kier alpha value is -1.50. The van der Waals surface area contributed by atoms with Crippen LogP contribution in [0.1, 0.15) is 60.0 Å². The Bertz CT molecular complexity index is 1070. The maximum absolute atomic E-state index is 12.8. The monoisotopic (exact) mass is 457 g/mol. The van der Waals surface area contributed by atoms with Gasteiger partial charge in [-0.15, -0.1) is 11.3 Å². The van der Waals surface area contributed by atoms with Gasteiger partial charge in [-0.25, -0.2) is 4.98 Å². The Morgan fingerprint density at radius 3 is 2.86 bits per heavy atom. The normalized spacial score (nSPS) is 18.5. The summed E-state index contributed by atoms with van der Waals surface area (Å²) in [4.78, 5) is 24.5. The van der Waals surface area contributed by atoms with Crippen molar-refractivity contribution in [3.05, 3.63) is 61.1 Å². The van der Waals surface area contributed by atoms with Crippen molar-refractivity contribution in [1.82, 2.24) is 14.9 Å². The Morgan fingerprint density at radius 1 is 1.21 bits per heavy atom. The Morgan fingerprint density at radius 2 is 2.04 bits per heavy atom. The van der Waals surface area contributed by atoms with E-state index in [1.807, 2.05) is 11.3 Å². The molecule has 0 unspecified atom stereocenters. The molecule has 2 aliphatic rings. The fourth-order valence-corrected chi connectivity index (χ4v) is 6.56. The lowest BCUT2D eigenvalue weighted by Crippen LogP contribution is -2.36. The first-order chi connectivity index (χ1) is 13.7. The summed E-state index contributed by atoms with van der Waals surface area (Å²) in [6, 6.07) is 8.49. The third kappa shape index (κ3) is 3.46. The fourth-order valence-electron chi connectivity index (χ4n) is 4.57. The molecule has 6 heteroatoms. The van der Waals surface area contributed by atoms with Crippen LogP contribution in [0.3, 0.4) is 0 Å². The quantitative estimate of drug-likeness (QED) is 0.576. The number of hydrogen-bond donors (Lipinski definition) is 1. The lowest BCUT2D eigenvalue weighted by Gasteiger charge is -2.28. The Kier molecular flexibility index (Phi) is 5.11. The first-order valence-electron chi connectivity index (χ1n) is 10.2. The predicted octanol–water partition coefficient (Wildman–Crippen LogP) is 5.35. The van der Waals surface area contributed by atoms with Crippen LogP contribution in [0.15, 0.2) is 33.5 Å². The van der Waals surface area contributed by atoms with Crippen molar-refractivity contribution in [2.24, 2.45) is 0 Å². The second-order valence-corrected chi connectivity index (χ2v) is 9.94. The molecule has 0 atom stereocenters. The van der Waals surface area contributed by atoms with Gasteiger partial charge in [-0.2, -0.15) is 0 Å². The Balaban J connectivity index is 1.37. The predicted molar refractivity (Wildman–Crippen MR) is 118 cm³/mol. The molecule has 1 aromatic carbocycles. The number of nitrogens with one attached hydrogen (secondary N) is 1. The van der Waals surface area contributed by atoms with E-state index in [1.165, 1.54) is 38.7 Å². The van der Waals surface area contributed by atoms with Gasteiger partial charge in [-0.1, -0.05) is 37.5 Å². The number of hydrogen-bond acceptors (Lipinski definition) is 4. The number of halogens is 1. The first kappa shape index (κ1) is 18.5. The second kappa shape index (κ2) is 7.73. The molecule has 0 saturated heterocycles. The zero-order chi connectivity index (χ0) is 19.1. The van der Waals surface area contributed by atoms with Gasteiger partial charge < -0.3 is 4.98 Å². The van der Waals surface area contributed by atoms with Crippen LogP contribution < -0.4 is 5.56 Å². The summed E-state index contributed by atoms with van der Waals surface area (Å²) in [5.74, 6) is 1.38. The standard InChI is InChI=1S/C22H24BrN3OS/c23-20-15-8-4-5-9-18(15)28-19(20)13-26-11-10-17-16(12-26)22(27)25-21(24-17)14-6-2-1-3-7-14/h4-5,8-9,14H,1-3,6-7,10-13H2,(H,24,25,27). The van der Waals surface area contributed by atoms with E-state index in [2.05, 4.69) is 50.1 Å². The molecular formula is C22H24BrN3OS. The van der Waals surface area contributed by atoms with Crippen LogP contribution in [0.25, 0.3) is 10.1 Å². The summed E-state index contributed by atoms with van der Waals surface area (Å²) in [7, 11) is 0. The summed E-state index contributed by atoms with van der Waals surface area (Å²) < 4.78 is 2.50. The molecule has 28 heavy (non-hydrogen) atoms. The van der Waals surface area contributed by atoms with E-state index in [-0.39, 0.29) is 5.56 Å². The molecule has 0 bridgehead atoms. The van der Waals surface area contributed by atoms with Crippen molar-refractivity contribution in [1.29, 1.82) is 0 Å². The molecule has 2 aromatic heterocycles. The van der Waals surface area contributed by atoms with Crippen molar-refractivity contribution >= 4 is 37.4 Å². The summed E-state index contributed by atoms with van der Waals surface area (Å²) >= 11 is 5.62. The smallest absolute Gasteiger partial charge is 0.255 e. The fraction of sp³-hybridized carbons (Fsp3) is 0.455. The highest BCUT2D eigenvalue weighted by Crippen LogP contribution is 2.37. The third-order valence-corrected chi connectivity index (χ3v) is 8.45. The minimum Gasteiger partial charge on any atom is -0.310 e. The largest absolute Gasteiger partial charge is 0.310 e. The van der Waals surface area contributed by atoms with E-state index < -0.39 is 0 Å². The number of aromatic amines is 1. The van der Waals surface area contributed by atoms with Gasteiger partial charge in [-0.3, -0.25) is 9.69 Å². The number of aromatic nitrogens is 2. The zero-order valence-electron chi connectivity index (χ0n) is 15.8. The van der Waals surface area contributed by atoms with Crippen molar-refractivity contribution < 1.29 is 0 Å². The summed E-state index contributed by atoms with van der Waals surface area (Å²) in [6.07, 6.45) is 7.00. The van der Waals surface area contributed by atoms with Gasteiger partial charge in [0.15, 0.2) is 0 Å². The maximum Gasteiger partial charge on any atom is 0.255 e. The maximum atomic E-state index is 12.8. The van der Waals surface area contributed by atoms with Gasteiger partial charge in [0, 0.05) is 51.4 Å². The Labute approximate surface area is 177 Å². The van der Waals surface area contributed by atoms with Crippen molar-refractivity contribution in [2.75, 3.05) is 6.54 Å². The van der Waals surface area contributed by atoms with Crippen LogP contribution in [-0.2, 0) is 19.5 Å². The van der Waals surface area contributed by atoms with Crippen molar-refractivity contribution in [3.63, 3.8) is 0 Å². The highest BCUT2D eigenvalue weighted by Gasteiger charge is 2.25. The van der Waals surface area contributed by atoms with Crippen LogP contribution in [-0.4, -0.2) is 21.4 Å². The molecule has 1 saturated carbocycles. The van der Waals surface area contributed by atoms with Gasteiger partial charge in [0.2, 0.25) is 0 Å². The van der Waals surface area contributed by atoms with Crippen molar-refractivity contribution in [2.45, 2.75) is 57.5 Å². The molecule has 1 aliphatic heterocycles. The highest BCUT2D eigenvalue weighted by atomic mass is 79.9. The van der Waals surface area contributed by atoms with Crippen LogP contribution in [0, 0.1) is 0 Å². The molecule has 1 fully saturated rings. The van der Waals surface area contributed by atoms with E-state index in [0.717, 1.165) is 49.4 Å². The number of nitrogens with zero attached hydrogens (tertiary/aromatic N) is 2. The molecule has 0 amide bonds. The minimum atomic E-state index is 0.0747. The molecule has 0 radical (unpaired) electrons. The van der Waals surface area contributed by atoms with E-state index in [9.17, 15) is 4.79 Å². The summed E-state index contributed by atoms with van der Waals surface area (Å²) in [6.45, 7) is 2.50. The topological polar surface area (TPSA) is 49.0 Å². The summed E-state index contributed by atoms with van der Waals surface area (Å²) in [5, 5.41) is 1.27. The lowest BCUT2D eigenvalue weighted by molar-refractivity contribution is 0.242. The number of rotatable bonds is 3. The lowest BCUT2D eigenvalue weighted by atomic mass is 9.88. The van der Waals surface area contributed by atoms with Crippen LogP contribution >= 0.6 is 27.3 Å². The number of H-pyrrole nitrogens is 1. The molecule has 5 rings (SSSR count). The highest BCUT2D eigenvalue weighted by molar-refractivity contribution is 9.10. The van der Waals surface area contributed by atoms with E-state index in [1.54, 1.807) is 0 Å². The molecule has 0 spiro atoms.